The van der Waals surface area contributed by atoms with E-state index in [-0.39, 0.29) is 43.3 Å². The minimum Gasteiger partial charge on any atom is -0.394 e. The van der Waals surface area contributed by atoms with Gasteiger partial charge in [-0.3, -0.25) is 9.74 Å². The Kier molecular flexibility index (Phi) is 11.6. The van der Waals surface area contributed by atoms with E-state index in [1.165, 1.54) is 12.1 Å². The third-order valence-corrected chi connectivity index (χ3v) is 6.97. The normalized spacial score (nSPS) is 30.6. The van der Waals surface area contributed by atoms with Gasteiger partial charge in [0, 0.05) is 17.1 Å². The molecule has 0 saturated carbocycles. The molecule has 4 rings (SSSR count). The SMILES string of the molecule is CNC(=O)c1cccc(-c2ccc(OF)cc2)c1.OCC1CC(C[C@H]2OC(CO)[C@@H](O)C(O)C2O)C(O)CO1. The van der Waals surface area contributed by atoms with Crippen LogP contribution in [-0.4, -0.2) is 106 Å². The van der Waals surface area contributed by atoms with Gasteiger partial charge in [0.1, 0.15) is 24.4 Å². The maximum Gasteiger partial charge on any atom is 0.251 e. The molecule has 0 bridgehead atoms. The summed E-state index contributed by atoms with van der Waals surface area (Å²) in [5, 5.41) is 60.2. The number of hydrogen-bond donors (Lipinski definition) is 7. The lowest BCUT2D eigenvalue weighted by Gasteiger charge is -2.42. The van der Waals surface area contributed by atoms with Crippen LogP contribution in [0.3, 0.4) is 0 Å². The van der Waals surface area contributed by atoms with Gasteiger partial charge in [0.25, 0.3) is 5.91 Å². The predicted molar refractivity (Wildman–Crippen MR) is 136 cm³/mol. The van der Waals surface area contributed by atoms with Gasteiger partial charge in [0.15, 0.2) is 5.75 Å². The van der Waals surface area contributed by atoms with Crippen molar-refractivity contribution < 1.29 is 54.4 Å². The summed E-state index contributed by atoms with van der Waals surface area (Å²) >= 11 is 0. The highest BCUT2D eigenvalue weighted by molar-refractivity contribution is 5.95. The minimum atomic E-state index is -1.41. The van der Waals surface area contributed by atoms with Gasteiger partial charge in [-0.15, -0.1) is 0 Å². The van der Waals surface area contributed by atoms with Crippen molar-refractivity contribution in [3.05, 3.63) is 54.1 Å². The third-order valence-electron chi connectivity index (χ3n) is 6.97. The molecule has 0 spiro atoms. The van der Waals surface area contributed by atoms with Gasteiger partial charge in [-0.25, -0.2) is 0 Å². The van der Waals surface area contributed by atoms with Gasteiger partial charge in [-0.2, -0.15) is 0 Å². The van der Waals surface area contributed by atoms with E-state index < -0.39 is 43.2 Å². The van der Waals surface area contributed by atoms with Gasteiger partial charge >= 0.3 is 0 Å². The lowest BCUT2D eigenvalue weighted by Crippen LogP contribution is -2.59. The van der Waals surface area contributed by atoms with E-state index in [0.29, 0.717) is 12.0 Å². The summed E-state index contributed by atoms with van der Waals surface area (Å²) in [6.07, 6.45) is -6.32. The van der Waals surface area contributed by atoms with Crippen molar-refractivity contribution in [2.24, 2.45) is 5.92 Å². The van der Waals surface area contributed by atoms with Gasteiger partial charge in [-0.1, -0.05) is 24.3 Å². The molecule has 0 radical (unpaired) electrons. The number of aliphatic hydroxyl groups is 6. The number of carbonyl (C=O) groups excluding carboxylic acids is 1. The zero-order valence-corrected chi connectivity index (χ0v) is 21.5. The fourth-order valence-corrected chi connectivity index (χ4v) is 4.67. The van der Waals surface area contributed by atoms with E-state index in [4.69, 9.17) is 19.7 Å². The maximum atomic E-state index is 11.9. The third kappa shape index (κ3) is 7.93. The Labute approximate surface area is 225 Å². The zero-order chi connectivity index (χ0) is 28.5. The van der Waals surface area contributed by atoms with Crippen LogP contribution in [0.25, 0.3) is 11.1 Å². The molecule has 6 unspecified atom stereocenters. The summed E-state index contributed by atoms with van der Waals surface area (Å²) in [4.78, 5) is 15.1. The molecular weight excluding hydrogens is 517 g/mol. The van der Waals surface area contributed by atoms with Crippen LogP contribution in [0, 0.1) is 5.92 Å². The first kappa shape index (κ1) is 30.9. The maximum absolute atomic E-state index is 11.9. The summed E-state index contributed by atoms with van der Waals surface area (Å²) in [6, 6.07) is 13.7. The lowest BCUT2D eigenvalue weighted by atomic mass is 9.84. The zero-order valence-electron chi connectivity index (χ0n) is 21.5. The summed E-state index contributed by atoms with van der Waals surface area (Å²) in [5.74, 6) is -0.251. The number of rotatable bonds is 7. The van der Waals surface area contributed by atoms with Crippen LogP contribution in [-0.2, 0) is 9.47 Å². The molecule has 0 aliphatic carbocycles. The molecule has 2 heterocycles. The molecule has 39 heavy (non-hydrogen) atoms. The molecule has 12 heteroatoms. The van der Waals surface area contributed by atoms with Crippen LogP contribution in [0.4, 0.5) is 4.53 Å². The Morgan fingerprint density at radius 3 is 2.28 bits per heavy atom. The van der Waals surface area contributed by atoms with Crippen LogP contribution in [0.15, 0.2) is 48.5 Å². The monoisotopic (exact) mass is 553 g/mol. The minimum absolute atomic E-state index is 0.0906. The molecule has 1 amide bonds. The molecule has 7 N–H and O–H groups in total. The summed E-state index contributed by atoms with van der Waals surface area (Å²) < 4.78 is 22.6. The number of ether oxygens (including phenoxy) is 2. The van der Waals surface area contributed by atoms with Crippen molar-refractivity contribution >= 4 is 5.91 Å². The Hall–Kier alpha value is -2.68. The van der Waals surface area contributed by atoms with E-state index in [1.807, 2.05) is 6.07 Å². The highest BCUT2D eigenvalue weighted by atomic mass is 19.3. The molecule has 11 nitrogen and oxygen atoms in total. The number of nitrogens with one attached hydrogen (secondary N) is 1. The van der Waals surface area contributed by atoms with Crippen LogP contribution in [0.1, 0.15) is 23.2 Å². The molecule has 2 fully saturated rings. The summed E-state index contributed by atoms with van der Waals surface area (Å²) in [5.41, 5.74) is 2.36. The van der Waals surface area contributed by atoms with Gasteiger partial charge in [-0.05, 0) is 54.2 Å². The van der Waals surface area contributed by atoms with E-state index in [9.17, 15) is 29.7 Å². The molecule has 8 atom stereocenters. The van der Waals surface area contributed by atoms with Crippen molar-refractivity contribution in [1.82, 2.24) is 5.32 Å². The Morgan fingerprint density at radius 2 is 1.67 bits per heavy atom. The molecule has 2 aliphatic heterocycles. The largest absolute Gasteiger partial charge is 0.394 e. The van der Waals surface area contributed by atoms with Crippen molar-refractivity contribution in [2.45, 2.75) is 55.6 Å². The summed E-state index contributed by atoms with van der Waals surface area (Å²) in [7, 11) is 1.59. The van der Waals surface area contributed by atoms with Crippen molar-refractivity contribution in [2.75, 3.05) is 26.9 Å². The van der Waals surface area contributed by atoms with Crippen molar-refractivity contribution in [3.63, 3.8) is 0 Å². The number of benzene rings is 2. The molecule has 2 aromatic carbocycles. The van der Waals surface area contributed by atoms with Gasteiger partial charge in [0.2, 0.25) is 0 Å². The van der Waals surface area contributed by atoms with Crippen molar-refractivity contribution in [1.29, 1.82) is 0 Å². The molecule has 2 saturated heterocycles. The number of aliphatic hydroxyl groups excluding tert-OH is 6. The average molecular weight is 554 g/mol. The first-order valence-electron chi connectivity index (χ1n) is 12.6. The lowest BCUT2D eigenvalue weighted by molar-refractivity contribution is -0.236. The average Bonchev–Trinajstić information content (AvgIpc) is 2.98. The molecule has 2 aliphatic rings. The smallest absolute Gasteiger partial charge is 0.251 e. The standard InChI is InChI=1S/C14H12FNO2.C13H24O8/c1-16-14(17)12-4-2-3-11(9-12)10-5-7-13(18-15)8-6-10;14-3-7-1-6(8(16)5-20-7)2-9-11(17)13(19)12(18)10(4-15)21-9/h2-9H,1H3,(H,16,17);6-19H,1-5H2/t;6?,7?,8?,9-,10?,11?,12-,13?/m.1/s1. The Bertz CT molecular complexity index is 1040. The molecule has 216 valence electrons. The number of amides is 1. The molecule has 2 aromatic rings. The Morgan fingerprint density at radius 1 is 0.974 bits per heavy atom. The van der Waals surface area contributed by atoms with E-state index >= 15 is 0 Å². The first-order valence-corrected chi connectivity index (χ1v) is 12.6. The quantitative estimate of drug-likeness (QED) is 0.246. The second kappa shape index (κ2) is 14.6. The van der Waals surface area contributed by atoms with Gasteiger partial charge < -0.3 is 45.4 Å². The van der Waals surface area contributed by atoms with E-state index in [2.05, 4.69) is 10.3 Å². The number of hydrogen-bond acceptors (Lipinski definition) is 10. The van der Waals surface area contributed by atoms with Crippen LogP contribution in [0.5, 0.6) is 5.75 Å². The topological polar surface area (TPSA) is 178 Å². The van der Waals surface area contributed by atoms with Crippen LogP contribution < -0.4 is 10.3 Å². The highest BCUT2D eigenvalue weighted by Gasteiger charge is 2.45. The molecular formula is C27H36FNO10. The first-order chi connectivity index (χ1) is 18.7. The van der Waals surface area contributed by atoms with E-state index in [0.717, 1.165) is 11.1 Å². The predicted octanol–water partition coefficient (Wildman–Crippen LogP) is -0.0463. The highest BCUT2D eigenvalue weighted by Crippen LogP contribution is 2.31. The number of halogens is 1. The van der Waals surface area contributed by atoms with Crippen molar-refractivity contribution in [3.8, 4) is 16.9 Å². The van der Waals surface area contributed by atoms with Crippen LogP contribution >= 0.6 is 0 Å². The fourth-order valence-electron chi connectivity index (χ4n) is 4.67. The Balaban J connectivity index is 0.000000218. The van der Waals surface area contributed by atoms with Crippen LogP contribution in [0.2, 0.25) is 0 Å². The van der Waals surface area contributed by atoms with E-state index in [1.54, 1.807) is 37.4 Å². The summed E-state index contributed by atoms with van der Waals surface area (Å²) in [6.45, 7) is -0.539. The second-order valence-corrected chi connectivity index (χ2v) is 9.57. The number of carbonyl (C=O) groups is 1. The fraction of sp³-hybridized carbons (Fsp3) is 0.519. The van der Waals surface area contributed by atoms with Gasteiger partial charge in [0.05, 0.1) is 38.1 Å². The second-order valence-electron chi connectivity index (χ2n) is 9.57. The molecule has 0 aromatic heterocycles.